The van der Waals surface area contributed by atoms with Gasteiger partial charge in [0.2, 0.25) is 24.8 Å². The van der Waals surface area contributed by atoms with Crippen molar-refractivity contribution >= 4 is 54.4 Å². The number of nitrogens with zero attached hydrogens (tertiary/aromatic N) is 5. The van der Waals surface area contributed by atoms with Crippen LogP contribution < -0.4 is 5.32 Å². The summed E-state index contributed by atoms with van der Waals surface area (Å²) in [6.07, 6.45) is -2.02. The summed E-state index contributed by atoms with van der Waals surface area (Å²) in [6.45, 7) is 4.57. The third-order valence-corrected chi connectivity index (χ3v) is 10.3. The molecule has 19 nitrogen and oxygen atoms in total. The molecule has 2 aliphatic carbocycles. The summed E-state index contributed by atoms with van der Waals surface area (Å²) < 4.78 is 51.2. The summed E-state index contributed by atoms with van der Waals surface area (Å²) in [4.78, 5) is 51.9. The highest BCUT2D eigenvalue weighted by Crippen LogP contribution is 2.48. The summed E-state index contributed by atoms with van der Waals surface area (Å²) in [5.41, 5.74) is 0.687. The molecule has 2 saturated carbocycles. The largest absolute Gasteiger partial charge is 0.510 e. The van der Waals surface area contributed by atoms with Crippen molar-refractivity contribution in [3.63, 3.8) is 0 Å². The van der Waals surface area contributed by atoms with Crippen molar-refractivity contribution in [2.24, 2.45) is 5.92 Å². The van der Waals surface area contributed by atoms with Gasteiger partial charge in [0.1, 0.15) is 24.5 Å². The van der Waals surface area contributed by atoms with Gasteiger partial charge in [-0.3, -0.25) is 23.0 Å². The fourth-order valence-corrected chi connectivity index (χ4v) is 7.19. The lowest BCUT2D eigenvalue weighted by molar-refractivity contribution is -0.132. The molecule has 3 aliphatic rings. The molecular formula is C31H46ClN6O13P. The van der Waals surface area contributed by atoms with Crippen LogP contribution in [0.2, 0.25) is 5.28 Å². The van der Waals surface area contributed by atoms with E-state index in [1.807, 2.05) is 0 Å². The molecule has 21 heteroatoms. The number of amides is 1. The fraction of sp³-hybridized carbons (Fsp3) is 0.742. The van der Waals surface area contributed by atoms with Crippen LogP contribution in [0.15, 0.2) is 6.33 Å². The Bertz CT molecular complexity index is 1570. The van der Waals surface area contributed by atoms with Crippen molar-refractivity contribution < 1.29 is 61.9 Å². The number of nitrogens with one attached hydrogen (secondary N) is 1. The molecule has 3 heterocycles. The lowest BCUT2D eigenvalue weighted by Crippen LogP contribution is -2.44. The normalized spacial score (nSPS) is 22.2. The van der Waals surface area contributed by atoms with Crippen molar-refractivity contribution in [2.45, 2.75) is 109 Å². The third kappa shape index (κ3) is 10.9. The van der Waals surface area contributed by atoms with Gasteiger partial charge in [-0.1, -0.05) is 12.8 Å². The smallest absolute Gasteiger partial charge is 0.432 e. The summed E-state index contributed by atoms with van der Waals surface area (Å²) in [5, 5.41) is 25.6. The average molecular weight is 777 g/mol. The Balaban J connectivity index is 1.28. The molecule has 1 saturated heterocycles. The van der Waals surface area contributed by atoms with Crippen molar-refractivity contribution in [1.82, 2.24) is 24.4 Å². The summed E-state index contributed by atoms with van der Waals surface area (Å²) in [5.74, 6) is -0.145. The van der Waals surface area contributed by atoms with Crippen LogP contribution in [0.5, 0.6) is 0 Å². The lowest BCUT2D eigenvalue weighted by Gasteiger charge is -2.28. The van der Waals surface area contributed by atoms with Gasteiger partial charge in [-0.2, -0.15) is 9.97 Å². The first-order valence-electron chi connectivity index (χ1n) is 17.2. The molecule has 290 valence electrons. The number of imidazole rings is 1. The average Bonchev–Trinajstić information content (AvgIpc) is 3.41. The maximum absolute atomic E-state index is 13.8. The molecule has 0 spiro atoms. The number of aliphatic hydroxyl groups is 2. The van der Waals surface area contributed by atoms with Crippen LogP contribution in [0.3, 0.4) is 0 Å². The first-order chi connectivity index (χ1) is 24.7. The molecule has 1 aliphatic heterocycles. The van der Waals surface area contributed by atoms with Crippen LogP contribution in [0, 0.1) is 5.92 Å². The van der Waals surface area contributed by atoms with Crippen LogP contribution in [-0.2, 0) is 42.1 Å². The van der Waals surface area contributed by atoms with E-state index in [1.54, 1.807) is 27.7 Å². The van der Waals surface area contributed by atoms with Gasteiger partial charge in [0.25, 0.3) is 0 Å². The third-order valence-electron chi connectivity index (χ3n) is 8.48. The maximum Gasteiger partial charge on any atom is 0.510 e. The number of anilines is 1. The van der Waals surface area contributed by atoms with E-state index >= 15 is 0 Å². The molecule has 0 radical (unpaired) electrons. The van der Waals surface area contributed by atoms with Crippen molar-refractivity contribution in [2.75, 3.05) is 38.2 Å². The number of hydrogen-bond acceptors (Lipinski definition) is 17. The molecule has 4 atom stereocenters. The van der Waals surface area contributed by atoms with E-state index in [0.29, 0.717) is 11.3 Å². The second kappa shape index (κ2) is 17.7. The summed E-state index contributed by atoms with van der Waals surface area (Å²) in [6, 6.07) is 0.211. The standard InChI is InChI=1S/C31H46ClN6O13P/c1-17(2)49-30(42)45-15-47-52(44,48-16-46-31(43)50-18(3)4)13-22(39)37(11-19-9-10-19)12-21-24(40)25(41)28(51-21)38-14-33-23-26(34-20-7-5-6-8-20)35-29(32)36-27(23)38/h14,17-21,24-25,28,40-41H,5-13,15-16H2,1-4H3,(H,34,35,36)/t21-,24-,25-,28?/m1/s1. The van der Waals surface area contributed by atoms with Gasteiger partial charge in [-0.15, -0.1) is 0 Å². The zero-order valence-corrected chi connectivity index (χ0v) is 31.1. The van der Waals surface area contributed by atoms with Gasteiger partial charge in [0, 0.05) is 19.1 Å². The van der Waals surface area contributed by atoms with Gasteiger partial charge < -0.3 is 44.1 Å². The minimum Gasteiger partial charge on any atom is -0.432 e. The van der Waals surface area contributed by atoms with Crippen LogP contribution in [0.25, 0.3) is 11.2 Å². The molecule has 2 aromatic heterocycles. The topological polar surface area (TPSA) is 232 Å². The fourth-order valence-electron chi connectivity index (χ4n) is 5.81. The van der Waals surface area contributed by atoms with Gasteiger partial charge in [0.05, 0.1) is 18.5 Å². The van der Waals surface area contributed by atoms with Crippen molar-refractivity contribution in [3.05, 3.63) is 11.6 Å². The molecule has 3 N–H and O–H groups in total. The van der Waals surface area contributed by atoms with E-state index in [-0.39, 0.29) is 36.0 Å². The van der Waals surface area contributed by atoms with Gasteiger partial charge in [-0.05, 0) is 70.9 Å². The number of ether oxygens (including phenoxy) is 5. The lowest BCUT2D eigenvalue weighted by atomic mass is 10.1. The number of carbonyl (C=O) groups is 3. The van der Waals surface area contributed by atoms with Gasteiger partial charge >= 0.3 is 19.9 Å². The van der Waals surface area contributed by atoms with Crippen molar-refractivity contribution in [3.8, 4) is 0 Å². The quantitative estimate of drug-likeness (QED) is 0.0893. The summed E-state index contributed by atoms with van der Waals surface area (Å²) >= 11 is 6.28. The highest BCUT2D eigenvalue weighted by atomic mass is 35.5. The SMILES string of the molecule is CC(C)OC(=O)OCOP(=O)(CC(=O)N(CC1CC1)C[C@H]1OC(n2cnc3c(NC4CCCC4)nc(Cl)nc32)[C@H](O)[C@@H]1O)OCOC(=O)OC(C)C. The molecule has 1 amide bonds. The monoisotopic (exact) mass is 776 g/mol. The number of fused-ring (bicyclic) bond motifs is 1. The maximum atomic E-state index is 13.8. The van der Waals surface area contributed by atoms with E-state index in [4.69, 9.17) is 44.3 Å². The number of hydrogen-bond donors (Lipinski definition) is 3. The van der Waals surface area contributed by atoms with E-state index in [9.17, 15) is 29.2 Å². The van der Waals surface area contributed by atoms with Crippen LogP contribution in [-0.4, -0.2) is 122 Å². The van der Waals surface area contributed by atoms with E-state index in [2.05, 4.69) is 20.3 Å². The van der Waals surface area contributed by atoms with Gasteiger partial charge in [0.15, 0.2) is 23.2 Å². The van der Waals surface area contributed by atoms with Crippen LogP contribution >= 0.6 is 19.2 Å². The second-order valence-electron chi connectivity index (χ2n) is 13.5. The molecule has 52 heavy (non-hydrogen) atoms. The highest BCUT2D eigenvalue weighted by molar-refractivity contribution is 7.54. The zero-order chi connectivity index (χ0) is 37.6. The minimum absolute atomic E-state index is 0.0427. The van der Waals surface area contributed by atoms with Crippen LogP contribution in [0.1, 0.15) is 72.4 Å². The molecule has 0 aromatic carbocycles. The predicted octanol–water partition coefficient (Wildman–Crippen LogP) is 3.96. The number of aromatic nitrogens is 4. The predicted molar refractivity (Wildman–Crippen MR) is 181 cm³/mol. The molecule has 1 unspecified atom stereocenters. The number of rotatable bonds is 17. The Morgan fingerprint density at radius 2 is 1.60 bits per heavy atom. The number of aliphatic hydroxyl groups excluding tert-OH is 2. The molecular weight excluding hydrogens is 731 g/mol. The van der Waals surface area contributed by atoms with E-state index < -0.39 is 82.3 Å². The Kier molecular flexibility index (Phi) is 13.6. The molecule has 5 rings (SSSR count). The van der Waals surface area contributed by atoms with E-state index in [1.165, 1.54) is 15.8 Å². The summed E-state index contributed by atoms with van der Waals surface area (Å²) in [7, 11) is -4.46. The van der Waals surface area contributed by atoms with Gasteiger partial charge in [-0.25, -0.2) is 14.6 Å². The Morgan fingerprint density at radius 1 is 0.981 bits per heavy atom. The molecule has 2 aromatic rings. The second-order valence-corrected chi connectivity index (χ2v) is 15.9. The Labute approximate surface area is 305 Å². The highest BCUT2D eigenvalue weighted by Gasteiger charge is 2.46. The molecule has 0 bridgehead atoms. The first-order valence-corrected chi connectivity index (χ1v) is 19.3. The zero-order valence-electron chi connectivity index (χ0n) is 29.4. The molecule has 3 fully saturated rings. The first kappa shape index (κ1) is 39.9. The minimum atomic E-state index is -4.46. The number of halogens is 1. The Hall–Kier alpha value is -3.32. The number of carbonyl (C=O) groups excluding carboxylic acids is 3. The van der Waals surface area contributed by atoms with Crippen LogP contribution in [0.4, 0.5) is 15.4 Å². The van der Waals surface area contributed by atoms with E-state index in [0.717, 1.165) is 38.5 Å². The Morgan fingerprint density at radius 3 is 2.17 bits per heavy atom. The van der Waals surface area contributed by atoms with Crippen molar-refractivity contribution in [1.29, 1.82) is 0 Å².